The summed E-state index contributed by atoms with van der Waals surface area (Å²) < 4.78 is 4.71. The van der Waals surface area contributed by atoms with Gasteiger partial charge in [-0.25, -0.2) is 9.47 Å². The van der Waals surface area contributed by atoms with Crippen molar-refractivity contribution in [2.75, 3.05) is 0 Å². The van der Waals surface area contributed by atoms with Crippen molar-refractivity contribution in [1.82, 2.24) is 13.8 Å². The highest BCUT2D eigenvalue weighted by molar-refractivity contribution is 6.04. The Labute approximate surface area is 208 Å². The zero-order valence-electron chi connectivity index (χ0n) is 20.5. The fraction of sp³-hybridized carbons (Fsp3) is 0.167. The Kier molecular flexibility index (Phi) is 5.11. The van der Waals surface area contributed by atoms with Gasteiger partial charge in [0.05, 0.1) is 28.0 Å². The van der Waals surface area contributed by atoms with Crippen molar-refractivity contribution < 1.29 is 0 Å². The summed E-state index contributed by atoms with van der Waals surface area (Å²) in [4.78, 5) is 26.8. The van der Waals surface area contributed by atoms with E-state index in [1.165, 1.54) is 11.6 Å². The summed E-state index contributed by atoms with van der Waals surface area (Å²) in [5, 5.41) is 5.66. The van der Waals surface area contributed by atoms with Crippen LogP contribution in [0.1, 0.15) is 34.7 Å². The first-order chi connectivity index (χ1) is 17.5. The van der Waals surface area contributed by atoms with Gasteiger partial charge >= 0.3 is 5.69 Å². The smallest absolute Gasteiger partial charge is 0.294 e. The zero-order valence-corrected chi connectivity index (χ0v) is 20.5. The molecule has 1 unspecified atom stereocenters. The minimum absolute atomic E-state index is 0.0855. The monoisotopic (exact) mass is 474 g/mol. The Morgan fingerprint density at radius 2 is 1.47 bits per heavy atom. The summed E-state index contributed by atoms with van der Waals surface area (Å²) >= 11 is 0. The number of aryl methyl sites for hydroxylation is 2. The van der Waals surface area contributed by atoms with E-state index in [0.717, 1.165) is 33.7 Å². The lowest BCUT2D eigenvalue weighted by molar-refractivity contribution is 0.680. The molecule has 0 saturated heterocycles. The van der Waals surface area contributed by atoms with E-state index >= 15 is 0 Å². The molecule has 0 fully saturated rings. The summed E-state index contributed by atoms with van der Waals surface area (Å²) in [7, 11) is 3.28. The highest BCUT2D eigenvalue weighted by Gasteiger charge is 2.34. The molecule has 0 bridgehead atoms. The molecule has 0 aliphatic carbocycles. The molecule has 0 radical (unpaired) electrons. The summed E-state index contributed by atoms with van der Waals surface area (Å²) in [6.07, 6.45) is 0.657. The van der Waals surface area contributed by atoms with E-state index in [0.29, 0.717) is 23.0 Å². The summed E-state index contributed by atoms with van der Waals surface area (Å²) in [5.74, 6) is -0.0855. The molecule has 1 aliphatic heterocycles. The second kappa shape index (κ2) is 8.34. The second-order valence-electron chi connectivity index (χ2n) is 9.42. The van der Waals surface area contributed by atoms with Gasteiger partial charge in [0, 0.05) is 32.0 Å². The lowest BCUT2D eigenvalue weighted by Gasteiger charge is -2.26. The topological polar surface area (TPSA) is 61.3 Å². The van der Waals surface area contributed by atoms with Crippen molar-refractivity contribution in [1.29, 1.82) is 0 Å². The number of rotatable bonds is 3. The molecule has 0 spiro atoms. The van der Waals surface area contributed by atoms with E-state index in [1.807, 2.05) is 66.2 Å². The third kappa shape index (κ3) is 3.29. The van der Waals surface area contributed by atoms with E-state index in [-0.39, 0.29) is 17.2 Å². The molecular weight excluding hydrogens is 448 g/mol. The number of aromatic nitrogens is 3. The van der Waals surface area contributed by atoms with E-state index in [2.05, 4.69) is 30.3 Å². The van der Waals surface area contributed by atoms with Crippen molar-refractivity contribution in [3.8, 4) is 11.3 Å². The molecule has 3 heterocycles. The Morgan fingerprint density at radius 3 is 2.17 bits per heavy atom. The summed E-state index contributed by atoms with van der Waals surface area (Å²) in [6, 6.07) is 28.5. The lowest BCUT2D eigenvalue weighted by atomic mass is 9.87. The van der Waals surface area contributed by atoms with Crippen LogP contribution < -0.4 is 11.2 Å². The molecule has 6 nitrogen and oxygen atoms in total. The van der Waals surface area contributed by atoms with Gasteiger partial charge in [-0.2, -0.15) is 5.10 Å². The van der Waals surface area contributed by atoms with Crippen LogP contribution in [0, 0.1) is 6.92 Å². The molecular formula is C30H26N4O2. The van der Waals surface area contributed by atoms with Crippen LogP contribution in [0.25, 0.3) is 22.2 Å². The molecule has 6 heteroatoms. The van der Waals surface area contributed by atoms with Gasteiger partial charge in [0.1, 0.15) is 0 Å². The lowest BCUT2D eigenvalue weighted by Crippen LogP contribution is -2.37. The Balaban J connectivity index is 1.82. The number of nitrogens with zero attached hydrogens (tertiary/aromatic N) is 4. The fourth-order valence-corrected chi connectivity index (χ4v) is 5.38. The fourth-order valence-electron chi connectivity index (χ4n) is 5.38. The first-order valence-electron chi connectivity index (χ1n) is 12.0. The second-order valence-corrected chi connectivity index (χ2v) is 9.42. The van der Waals surface area contributed by atoms with E-state index < -0.39 is 0 Å². The minimum Gasteiger partial charge on any atom is -0.294 e. The molecule has 1 atom stereocenters. The molecule has 2 aromatic heterocycles. The van der Waals surface area contributed by atoms with Gasteiger partial charge in [0.2, 0.25) is 0 Å². The van der Waals surface area contributed by atoms with Gasteiger partial charge in [-0.15, -0.1) is 0 Å². The first kappa shape index (κ1) is 22.0. The average Bonchev–Trinajstić information content (AvgIpc) is 3.26. The number of benzene rings is 3. The maximum absolute atomic E-state index is 13.7. The van der Waals surface area contributed by atoms with Crippen LogP contribution in [0.2, 0.25) is 0 Å². The summed E-state index contributed by atoms with van der Waals surface area (Å²) in [5.41, 5.74) is 6.64. The summed E-state index contributed by atoms with van der Waals surface area (Å²) in [6.45, 7) is 2.03. The largest absolute Gasteiger partial charge is 0.331 e. The maximum atomic E-state index is 13.7. The maximum Gasteiger partial charge on any atom is 0.331 e. The van der Waals surface area contributed by atoms with Crippen molar-refractivity contribution in [2.24, 2.45) is 19.2 Å². The van der Waals surface area contributed by atoms with Gasteiger partial charge in [0.25, 0.3) is 5.56 Å². The van der Waals surface area contributed by atoms with Crippen LogP contribution in [0.5, 0.6) is 0 Å². The van der Waals surface area contributed by atoms with Crippen LogP contribution in [-0.4, -0.2) is 19.5 Å². The molecule has 0 saturated carbocycles. The third-order valence-electron chi connectivity index (χ3n) is 7.13. The number of hydrogen-bond donors (Lipinski definition) is 0. The highest BCUT2D eigenvalue weighted by atomic mass is 16.2. The standard InChI is InChI=1S/C30H26N4O2/c1-19-11-10-16-22(17-19)26-25-28(32(2)30(36)33(3)29(25)35)27-23(20-12-6-4-7-13-20)18-24(31-34(26)27)21-14-8-5-9-15-21/h4-17,23H,18H2,1-3H3. The van der Waals surface area contributed by atoms with E-state index in [1.54, 1.807) is 11.6 Å². The third-order valence-corrected chi connectivity index (χ3v) is 7.13. The van der Waals surface area contributed by atoms with Gasteiger partial charge in [-0.05, 0) is 24.1 Å². The van der Waals surface area contributed by atoms with Crippen molar-refractivity contribution in [2.45, 2.75) is 19.3 Å². The predicted molar refractivity (Wildman–Crippen MR) is 144 cm³/mol. The molecule has 0 amide bonds. The number of fused-ring (bicyclic) bond motifs is 3. The van der Waals surface area contributed by atoms with Crippen molar-refractivity contribution in [3.05, 3.63) is 128 Å². The average molecular weight is 475 g/mol. The van der Waals surface area contributed by atoms with Crippen LogP contribution in [0.15, 0.2) is 99.6 Å². The van der Waals surface area contributed by atoms with Crippen LogP contribution >= 0.6 is 0 Å². The quantitative estimate of drug-likeness (QED) is 0.377. The Bertz CT molecular complexity index is 1770. The van der Waals surface area contributed by atoms with Crippen molar-refractivity contribution in [3.63, 3.8) is 0 Å². The first-order valence-corrected chi connectivity index (χ1v) is 12.0. The van der Waals surface area contributed by atoms with Gasteiger partial charge in [0.15, 0.2) is 0 Å². The normalized spacial score (nSPS) is 15.1. The molecule has 36 heavy (non-hydrogen) atoms. The van der Waals surface area contributed by atoms with Crippen LogP contribution in [0.4, 0.5) is 0 Å². The zero-order chi connectivity index (χ0) is 25.0. The van der Waals surface area contributed by atoms with E-state index in [4.69, 9.17) is 5.10 Å². The SMILES string of the molecule is Cc1cccc(-c2c3c(=O)n(C)c(=O)n(C)c3c3n2N=C(c2ccccc2)CC3c2ccccc2)c1. The van der Waals surface area contributed by atoms with E-state index in [9.17, 15) is 9.59 Å². The highest BCUT2D eigenvalue weighted by Crippen LogP contribution is 2.42. The van der Waals surface area contributed by atoms with Crippen molar-refractivity contribution >= 4 is 16.6 Å². The van der Waals surface area contributed by atoms with Crippen LogP contribution in [0.3, 0.4) is 0 Å². The molecule has 5 aromatic rings. The Hall–Kier alpha value is -4.45. The molecule has 0 N–H and O–H groups in total. The predicted octanol–water partition coefficient (Wildman–Crippen LogP) is 4.80. The molecule has 6 rings (SSSR count). The molecule has 3 aromatic carbocycles. The van der Waals surface area contributed by atoms with Gasteiger partial charge in [-0.1, -0.05) is 84.4 Å². The minimum atomic E-state index is -0.346. The number of hydrogen-bond acceptors (Lipinski definition) is 3. The molecule has 1 aliphatic rings. The van der Waals surface area contributed by atoms with Gasteiger partial charge in [-0.3, -0.25) is 13.9 Å². The molecule has 178 valence electrons. The Morgan fingerprint density at radius 1 is 0.806 bits per heavy atom. The van der Waals surface area contributed by atoms with Crippen LogP contribution in [-0.2, 0) is 14.1 Å². The van der Waals surface area contributed by atoms with Gasteiger partial charge < -0.3 is 0 Å².